The van der Waals surface area contributed by atoms with E-state index in [0.717, 1.165) is 0 Å². The third kappa shape index (κ3) is 1.13. The largest absolute Gasteiger partial charge is 0.0993 e. The van der Waals surface area contributed by atoms with Crippen molar-refractivity contribution in [1.82, 2.24) is 0 Å². The smallest absolute Gasteiger partial charge is 0.00908 e. The van der Waals surface area contributed by atoms with Crippen LogP contribution in [0.25, 0.3) is 0 Å². The lowest BCUT2D eigenvalue weighted by molar-refractivity contribution is 0.283. The SMILES string of the molecule is C=C1CCCCC12CCCC2. The molecule has 2 aliphatic carbocycles. The fraction of sp³-hybridized carbons (Fsp3) is 0.818. The summed E-state index contributed by atoms with van der Waals surface area (Å²) in [7, 11) is 0. The number of hydrogen-bond acceptors (Lipinski definition) is 0. The zero-order valence-electron chi connectivity index (χ0n) is 7.36. The average molecular weight is 150 g/mol. The van der Waals surface area contributed by atoms with Crippen LogP contribution in [0, 0.1) is 5.41 Å². The molecule has 0 aromatic rings. The summed E-state index contributed by atoms with van der Waals surface area (Å²) < 4.78 is 0. The molecule has 62 valence electrons. The molecule has 2 rings (SSSR count). The first-order valence-electron chi connectivity index (χ1n) is 5.02. The quantitative estimate of drug-likeness (QED) is 0.462. The minimum atomic E-state index is 0.637. The van der Waals surface area contributed by atoms with Crippen molar-refractivity contribution in [1.29, 1.82) is 0 Å². The van der Waals surface area contributed by atoms with Gasteiger partial charge in [-0.1, -0.05) is 31.4 Å². The van der Waals surface area contributed by atoms with E-state index in [1.165, 1.54) is 51.4 Å². The van der Waals surface area contributed by atoms with Crippen LogP contribution in [0.3, 0.4) is 0 Å². The second kappa shape index (κ2) is 2.66. The number of rotatable bonds is 0. The zero-order valence-corrected chi connectivity index (χ0v) is 7.36. The molecule has 1 spiro atoms. The molecule has 0 saturated heterocycles. The molecular weight excluding hydrogens is 132 g/mol. The Morgan fingerprint density at radius 3 is 2.00 bits per heavy atom. The first-order chi connectivity index (χ1) is 5.33. The monoisotopic (exact) mass is 150 g/mol. The molecular formula is C11H18. The summed E-state index contributed by atoms with van der Waals surface area (Å²) in [5.74, 6) is 0. The van der Waals surface area contributed by atoms with Gasteiger partial charge in [0.2, 0.25) is 0 Å². The van der Waals surface area contributed by atoms with Gasteiger partial charge in [0, 0.05) is 0 Å². The maximum Gasteiger partial charge on any atom is -0.00908 e. The lowest BCUT2D eigenvalue weighted by Crippen LogP contribution is -2.22. The van der Waals surface area contributed by atoms with Crippen molar-refractivity contribution in [3.8, 4) is 0 Å². The van der Waals surface area contributed by atoms with Crippen LogP contribution in [0.2, 0.25) is 0 Å². The molecule has 0 nitrogen and oxygen atoms in total. The van der Waals surface area contributed by atoms with Crippen molar-refractivity contribution in [3.63, 3.8) is 0 Å². The van der Waals surface area contributed by atoms with Crippen molar-refractivity contribution in [2.75, 3.05) is 0 Å². The van der Waals surface area contributed by atoms with Gasteiger partial charge < -0.3 is 0 Å². The van der Waals surface area contributed by atoms with Crippen LogP contribution in [-0.2, 0) is 0 Å². The van der Waals surface area contributed by atoms with Crippen LogP contribution in [-0.4, -0.2) is 0 Å². The van der Waals surface area contributed by atoms with Crippen molar-refractivity contribution in [2.24, 2.45) is 5.41 Å². The van der Waals surface area contributed by atoms with E-state index in [4.69, 9.17) is 0 Å². The standard InChI is InChI=1S/C11H18/c1-10-6-2-3-7-11(10)8-4-5-9-11/h1-9H2. The van der Waals surface area contributed by atoms with E-state index in [9.17, 15) is 0 Å². The van der Waals surface area contributed by atoms with Crippen molar-refractivity contribution in [2.45, 2.75) is 51.4 Å². The average Bonchev–Trinajstić information content (AvgIpc) is 2.46. The Balaban J connectivity index is 2.13. The Labute approximate surface area is 69.7 Å². The van der Waals surface area contributed by atoms with Gasteiger partial charge in [-0.05, 0) is 37.5 Å². The van der Waals surface area contributed by atoms with Crippen LogP contribution >= 0.6 is 0 Å². The van der Waals surface area contributed by atoms with Gasteiger partial charge in [-0.2, -0.15) is 0 Å². The molecule has 11 heavy (non-hydrogen) atoms. The first kappa shape index (κ1) is 7.39. The van der Waals surface area contributed by atoms with Crippen LogP contribution in [0.15, 0.2) is 12.2 Å². The molecule has 0 aromatic heterocycles. The normalized spacial score (nSPS) is 29.6. The molecule has 0 amide bonds. The van der Waals surface area contributed by atoms with Gasteiger partial charge in [0.25, 0.3) is 0 Å². The molecule has 2 saturated carbocycles. The van der Waals surface area contributed by atoms with Crippen molar-refractivity contribution >= 4 is 0 Å². The van der Waals surface area contributed by atoms with Gasteiger partial charge >= 0.3 is 0 Å². The van der Waals surface area contributed by atoms with Crippen molar-refractivity contribution in [3.05, 3.63) is 12.2 Å². The summed E-state index contributed by atoms with van der Waals surface area (Å²) in [5.41, 5.74) is 2.22. The number of allylic oxidation sites excluding steroid dienone is 1. The highest BCUT2D eigenvalue weighted by Gasteiger charge is 2.37. The van der Waals surface area contributed by atoms with Crippen LogP contribution < -0.4 is 0 Å². The van der Waals surface area contributed by atoms with E-state index < -0.39 is 0 Å². The lowest BCUT2D eigenvalue weighted by atomic mass is 9.70. The van der Waals surface area contributed by atoms with Gasteiger partial charge in [0.1, 0.15) is 0 Å². The minimum Gasteiger partial charge on any atom is -0.0993 e. The molecule has 0 N–H and O–H groups in total. The Morgan fingerprint density at radius 2 is 1.45 bits per heavy atom. The first-order valence-corrected chi connectivity index (χ1v) is 5.02. The molecule has 2 fully saturated rings. The van der Waals surface area contributed by atoms with Crippen LogP contribution in [0.4, 0.5) is 0 Å². The van der Waals surface area contributed by atoms with E-state index in [1.54, 1.807) is 5.57 Å². The highest BCUT2D eigenvalue weighted by molar-refractivity contribution is 5.14. The Hall–Kier alpha value is -0.260. The molecule has 0 heteroatoms. The zero-order chi connectivity index (χ0) is 7.73. The summed E-state index contributed by atoms with van der Waals surface area (Å²) in [6.45, 7) is 4.25. The van der Waals surface area contributed by atoms with Gasteiger partial charge in [-0.3, -0.25) is 0 Å². The highest BCUT2D eigenvalue weighted by atomic mass is 14.4. The molecule has 0 heterocycles. The summed E-state index contributed by atoms with van der Waals surface area (Å²) in [4.78, 5) is 0. The van der Waals surface area contributed by atoms with E-state index in [1.807, 2.05) is 0 Å². The molecule has 2 aliphatic rings. The maximum absolute atomic E-state index is 4.25. The van der Waals surface area contributed by atoms with Crippen LogP contribution in [0.1, 0.15) is 51.4 Å². The second-order valence-electron chi connectivity index (χ2n) is 4.30. The fourth-order valence-corrected chi connectivity index (χ4v) is 2.90. The predicted molar refractivity (Wildman–Crippen MR) is 48.5 cm³/mol. The molecule has 0 unspecified atom stereocenters. The molecule has 0 aliphatic heterocycles. The molecule has 0 atom stereocenters. The summed E-state index contributed by atoms with van der Waals surface area (Å²) in [6.07, 6.45) is 11.4. The summed E-state index contributed by atoms with van der Waals surface area (Å²) in [6, 6.07) is 0. The van der Waals surface area contributed by atoms with Gasteiger partial charge in [0.05, 0.1) is 0 Å². The Kier molecular flexibility index (Phi) is 1.78. The fourth-order valence-electron chi connectivity index (χ4n) is 2.90. The highest BCUT2D eigenvalue weighted by Crippen LogP contribution is 2.51. The summed E-state index contributed by atoms with van der Waals surface area (Å²) in [5, 5.41) is 0. The van der Waals surface area contributed by atoms with E-state index in [2.05, 4.69) is 6.58 Å². The van der Waals surface area contributed by atoms with Crippen molar-refractivity contribution < 1.29 is 0 Å². The van der Waals surface area contributed by atoms with Gasteiger partial charge in [-0.25, -0.2) is 0 Å². The van der Waals surface area contributed by atoms with Gasteiger partial charge in [-0.15, -0.1) is 0 Å². The van der Waals surface area contributed by atoms with E-state index in [-0.39, 0.29) is 0 Å². The number of hydrogen-bond donors (Lipinski definition) is 0. The van der Waals surface area contributed by atoms with E-state index >= 15 is 0 Å². The molecule has 0 aromatic carbocycles. The third-order valence-corrected chi connectivity index (χ3v) is 3.69. The Bertz CT molecular complexity index is 161. The maximum atomic E-state index is 4.25. The molecule has 0 radical (unpaired) electrons. The lowest BCUT2D eigenvalue weighted by Gasteiger charge is -2.35. The third-order valence-electron chi connectivity index (χ3n) is 3.69. The predicted octanol–water partition coefficient (Wildman–Crippen LogP) is 3.68. The van der Waals surface area contributed by atoms with Crippen LogP contribution in [0.5, 0.6) is 0 Å². The van der Waals surface area contributed by atoms with E-state index in [0.29, 0.717) is 5.41 Å². The van der Waals surface area contributed by atoms with Gasteiger partial charge in [0.15, 0.2) is 0 Å². The topological polar surface area (TPSA) is 0 Å². The molecule has 0 bridgehead atoms. The summed E-state index contributed by atoms with van der Waals surface area (Å²) >= 11 is 0. The second-order valence-corrected chi connectivity index (χ2v) is 4.30. The Morgan fingerprint density at radius 1 is 0.909 bits per heavy atom. The minimum absolute atomic E-state index is 0.637.